The summed E-state index contributed by atoms with van der Waals surface area (Å²) in [4.78, 5) is 0. The van der Waals surface area contributed by atoms with Crippen molar-refractivity contribution in [2.24, 2.45) is 0 Å². The van der Waals surface area contributed by atoms with Crippen molar-refractivity contribution in [3.63, 3.8) is 0 Å². The average molecular weight is 219 g/mol. The molecule has 2 aromatic rings. The highest BCUT2D eigenvalue weighted by atomic mass is 19.1. The van der Waals surface area contributed by atoms with Gasteiger partial charge in [-0.2, -0.15) is 0 Å². The predicted molar refractivity (Wildman–Crippen MR) is 60.7 cm³/mol. The molecule has 0 aliphatic heterocycles. The van der Waals surface area contributed by atoms with Gasteiger partial charge in [-0.3, -0.25) is 0 Å². The van der Waals surface area contributed by atoms with E-state index in [9.17, 15) is 4.39 Å². The Bertz CT molecular complexity index is 461. The number of benzene rings is 1. The molecule has 0 saturated heterocycles. The third kappa shape index (κ3) is 1.99. The Kier molecular flexibility index (Phi) is 3.06. The molecule has 0 aliphatic carbocycles. The molecule has 1 aromatic carbocycles. The number of aryl methyl sites for hydroxylation is 1. The van der Waals surface area contributed by atoms with Crippen molar-refractivity contribution in [1.29, 1.82) is 0 Å². The van der Waals surface area contributed by atoms with E-state index in [1.54, 1.807) is 18.4 Å². The highest BCUT2D eigenvalue weighted by molar-refractivity contribution is 5.30. The lowest BCUT2D eigenvalue weighted by molar-refractivity contribution is 0.460. The van der Waals surface area contributed by atoms with Crippen molar-refractivity contribution in [2.45, 2.75) is 13.0 Å². The van der Waals surface area contributed by atoms with Crippen LogP contribution in [-0.4, -0.2) is 7.05 Å². The molecule has 1 N–H and O–H groups in total. The van der Waals surface area contributed by atoms with Crippen LogP contribution in [0.5, 0.6) is 0 Å². The smallest absolute Gasteiger partial charge is 0.128 e. The molecule has 0 amide bonds. The molecule has 2 nitrogen and oxygen atoms in total. The van der Waals surface area contributed by atoms with E-state index in [4.69, 9.17) is 4.42 Å². The number of furan rings is 1. The first-order chi connectivity index (χ1) is 7.72. The first kappa shape index (κ1) is 10.9. The molecule has 84 valence electrons. The van der Waals surface area contributed by atoms with Gasteiger partial charge in [0.1, 0.15) is 11.6 Å². The fourth-order valence-corrected chi connectivity index (χ4v) is 1.78. The van der Waals surface area contributed by atoms with Gasteiger partial charge in [-0.1, -0.05) is 12.1 Å². The van der Waals surface area contributed by atoms with Crippen LogP contribution in [0.1, 0.15) is 22.9 Å². The van der Waals surface area contributed by atoms with Gasteiger partial charge in [0.25, 0.3) is 0 Å². The Labute approximate surface area is 94.1 Å². The molecule has 0 aliphatic rings. The minimum absolute atomic E-state index is 0.0319. The summed E-state index contributed by atoms with van der Waals surface area (Å²) >= 11 is 0. The van der Waals surface area contributed by atoms with E-state index in [2.05, 4.69) is 5.32 Å². The van der Waals surface area contributed by atoms with Gasteiger partial charge in [-0.15, -0.1) is 0 Å². The molecule has 16 heavy (non-hydrogen) atoms. The second-order valence-corrected chi connectivity index (χ2v) is 3.74. The van der Waals surface area contributed by atoms with E-state index in [-0.39, 0.29) is 11.9 Å². The van der Waals surface area contributed by atoms with Crippen LogP contribution in [0.3, 0.4) is 0 Å². The Balaban J connectivity index is 2.37. The Morgan fingerprint density at radius 1 is 1.19 bits per heavy atom. The summed E-state index contributed by atoms with van der Waals surface area (Å²) in [6.07, 6.45) is 1.67. The minimum atomic E-state index is -0.227. The van der Waals surface area contributed by atoms with Gasteiger partial charge in [-0.25, -0.2) is 4.39 Å². The van der Waals surface area contributed by atoms with E-state index in [0.717, 1.165) is 16.9 Å². The molecule has 3 heteroatoms. The lowest BCUT2D eigenvalue weighted by Crippen LogP contribution is -2.17. The summed E-state index contributed by atoms with van der Waals surface area (Å²) in [7, 11) is 1.86. The largest absolute Gasteiger partial charge is 0.467 e. The van der Waals surface area contributed by atoms with Crippen LogP contribution >= 0.6 is 0 Å². The van der Waals surface area contributed by atoms with Crippen LogP contribution in [0.4, 0.5) is 4.39 Å². The van der Waals surface area contributed by atoms with Crippen molar-refractivity contribution < 1.29 is 8.81 Å². The minimum Gasteiger partial charge on any atom is -0.467 e. The summed E-state index contributed by atoms with van der Waals surface area (Å²) in [6.45, 7) is 1.99. The topological polar surface area (TPSA) is 25.2 Å². The molecule has 0 saturated carbocycles. The molecule has 1 unspecified atom stereocenters. The number of hydrogen-bond acceptors (Lipinski definition) is 2. The molecule has 2 rings (SSSR count). The van der Waals surface area contributed by atoms with Crippen molar-refractivity contribution in [3.8, 4) is 0 Å². The van der Waals surface area contributed by atoms with Crippen LogP contribution in [0.15, 0.2) is 41.0 Å². The molecule has 1 heterocycles. The second-order valence-electron chi connectivity index (χ2n) is 3.74. The molecule has 0 spiro atoms. The first-order valence-electron chi connectivity index (χ1n) is 5.19. The fourth-order valence-electron chi connectivity index (χ4n) is 1.78. The Morgan fingerprint density at radius 2 is 1.88 bits per heavy atom. The molecule has 0 fully saturated rings. The molecule has 0 radical (unpaired) electrons. The van der Waals surface area contributed by atoms with Gasteiger partial charge >= 0.3 is 0 Å². The molecular formula is C13H14FNO. The van der Waals surface area contributed by atoms with Crippen molar-refractivity contribution >= 4 is 0 Å². The normalized spacial score (nSPS) is 12.7. The Hall–Kier alpha value is -1.61. The van der Waals surface area contributed by atoms with Gasteiger partial charge in [0.05, 0.1) is 12.3 Å². The standard InChI is InChI=1S/C13H14FNO/c1-9-7-8-16-13(9)12(15-2)10-3-5-11(14)6-4-10/h3-8,12,15H,1-2H3. The third-order valence-electron chi connectivity index (χ3n) is 2.66. The fraction of sp³-hybridized carbons (Fsp3) is 0.231. The van der Waals surface area contributed by atoms with E-state index < -0.39 is 0 Å². The van der Waals surface area contributed by atoms with Crippen LogP contribution < -0.4 is 5.32 Å². The van der Waals surface area contributed by atoms with Crippen molar-refractivity contribution in [1.82, 2.24) is 5.32 Å². The zero-order valence-corrected chi connectivity index (χ0v) is 9.33. The van der Waals surface area contributed by atoms with Gasteiger partial charge in [0.15, 0.2) is 0 Å². The summed E-state index contributed by atoms with van der Waals surface area (Å²) in [5.41, 5.74) is 2.07. The monoisotopic (exact) mass is 219 g/mol. The highest BCUT2D eigenvalue weighted by Crippen LogP contribution is 2.25. The van der Waals surface area contributed by atoms with Gasteiger partial charge in [0, 0.05) is 0 Å². The molecule has 1 atom stereocenters. The molecule has 1 aromatic heterocycles. The number of halogens is 1. The Morgan fingerprint density at radius 3 is 2.38 bits per heavy atom. The van der Waals surface area contributed by atoms with Crippen LogP contribution in [-0.2, 0) is 0 Å². The zero-order chi connectivity index (χ0) is 11.5. The predicted octanol–water partition coefficient (Wildman–Crippen LogP) is 3.04. The van der Waals surface area contributed by atoms with Gasteiger partial charge in [0.2, 0.25) is 0 Å². The summed E-state index contributed by atoms with van der Waals surface area (Å²) < 4.78 is 18.3. The van der Waals surface area contributed by atoms with Crippen molar-refractivity contribution in [3.05, 3.63) is 59.3 Å². The lowest BCUT2D eigenvalue weighted by atomic mass is 10.0. The van der Waals surface area contributed by atoms with Crippen LogP contribution in [0, 0.1) is 12.7 Å². The maximum Gasteiger partial charge on any atom is 0.128 e. The number of rotatable bonds is 3. The lowest BCUT2D eigenvalue weighted by Gasteiger charge is -2.15. The van der Waals surface area contributed by atoms with E-state index in [1.165, 1.54) is 12.1 Å². The van der Waals surface area contributed by atoms with Crippen molar-refractivity contribution in [2.75, 3.05) is 7.05 Å². The maximum atomic E-state index is 12.8. The van der Waals surface area contributed by atoms with E-state index in [0.29, 0.717) is 0 Å². The molecule has 0 bridgehead atoms. The highest BCUT2D eigenvalue weighted by Gasteiger charge is 2.17. The van der Waals surface area contributed by atoms with Gasteiger partial charge in [-0.05, 0) is 43.3 Å². The number of nitrogens with one attached hydrogen (secondary N) is 1. The summed E-state index contributed by atoms with van der Waals surface area (Å²) in [5, 5.41) is 3.16. The van der Waals surface area contributed by atoms with Crippen LogP contribution in [0.25, 0.3) is 0 Å². The first-order valence-corrected chi connectivity index (χ1v) is 5.19. The average Bonchev–Trinajstić information content (AvgIpc) is 2.69. The van der Waals surface area contributed by atoms with Crippen LogP contribution in [0.2, 0.25) is 0 Å². The SMILES string of the molecule is CNC(c1ccc(F)cc1)c1occc1C. The van der Waals surface area contributed by atoms with E-state index in [1.807, 2.05) is 20.0 Å². The van der Waals surface area contributed by atoms with Gasteiger partial charge < -0.3 is 9.73 Å². The maximum absolute atomic E-state index is 12.8. The summed E-state index contributed by atoms with van der Waals surface area (Å²) in [5.74, 6) is 0.642. The second kappa shape index (κ2) is 4.49. The third-order valence-corrected chi connectivity index (χ3v) is 2.66. The zero-order valence-electron chi connectivity index (χ0n) is 9.33. The van der Waals surface area contributed by atoms with E-state index >= 15 is 0 Å². The number of hydrogen-bond donors (Lipinski definition) is 1. The molecular weight excluding hydrogens is 205 g/mol. The summed E-state index contributed by atoms with van der Waals surface area (Å²) in [6, 6.07) is 8.33. The quantitative estimate of drug-likeness (QED) is 0.858.